The Morgan fingerprint density at radius 3 is 2.95 bits per heavy atom. The minimum absolute atomic E-state index is 0.0128. The van der Waals surface area contributed by atoms with Gasteiger partial charge in [-0.05, 0) is 36.8 Å². The van der Waals surface area contributed by atoms with Gasteiger partial charge < -0.3 is 4.74 Å². The van der Waals surface area contributed by atoms with E-state index in [2.05, 4.69) is 26.5 Å². The summed E-state index contributed by atoms with van der Waals surface area (Å²) < 4.78 is 6.25. The van der Waals surface area contributed by atoms with Crippen LogP contribution in [0.4, 0.5) is 0 Å². The molecule has 0 radical (unpaired) electrons. The predicted molar refractivity (Wildman–Crippen MR) is 84.8 cm³/mol. The quantitative estimate of drug-likeness (QED) is 0.852. The highest BCUT2D eigenvalue weighted by atomic mass is 32.1. The largest absolute Gasteiger partial charge is 0.370 e. The van der Waals surface area contributed by atoms with Gasteiger partial charge in [-0.15, -0.1) is 32.9 Å². The molecule has 6 heteroatoms. The van der Waals surface area contributed by atoms with Crippen LogP contribution in [0.25, 0.3) is 0 Å². The van der Waals surface area contributed by atoms with E-state index in [0.717, 1.165) is 55.5 Å². The number of likely N-dealkylation sites (tertiary alicyclic amines) is 1. The molecule has 1 spiro atoms. The van der Waals surface area contributed by atoms with Crippen molar-refractivity contribution in [3.8, 4) is 0 Å². The zero-order valence-electron chi connectivity index (χ0n) is 12.2. The minimum Gasteiger partial charge on any atom is -0.370 e. The Kier molecular flexibility index (Phi) is 3.57. The van der Waals surface area contributed by atoms with Gasteiger partial charge in [0.1, 0.15) is 10.0 Å². The van der Waals surface area contributed by atoms with E-state index < -0.39 is 0 Å². The van der Waals surface area contributed by atoms with Crippen LogP contribution in [0.2, 0.25) is 0 Å². The topological polar surface area (TPSA) is 38.2 Å². The summed E-state index contributed by atoms with van der Waals surface area (Å²) in [4.78, 5) is 4.02. The van der Waals surface area contributed by atoms with Gasteiger partial charge in [-0.3, -0.25) is 4.90 Å². The maximum absolute atomic E-state index is 6.25. The normalized spacial score (nSPS) is 21.6. The number of aryl methyl sites for hydroxylation is 1. The first-order valence-corrected chi connectivity index (χ1v) is 9.17. The molecule has 0 amide bonds. The van der Waals surface area contributed by atoms with Crippen molar-refractivity contribution in [1.29, 1.82) is 0 Å². The van der Waals surface area contributed by atoms with Crippen LogP contribution >= 0.6 is 22.7 Å². The van der Waals surface area contributed by atoms with Crippen molar-refractivity contribution in [1.82, 2.24) is 15.1 Å². The Labute approximate surface area is 132 Å². The summed E-state index contributed by atoms with van der Waals surface area (Å²) in [5.41, 5.74) is 1.45. The summed E-state index contributed by atoms with van der Waals surface area (Å²) in [6.07, 6.45) is 3.27. The van der Waals surface area contributed by atoms with Gasteiger partial charge in [0, 0.05) is 24.4 Å². The Morgan fingerprint density at radius 2 is 2.19 bits per heavy atom. The van der Waals surface area contributed by atoms with Crippen LogP contribution in [0.3, 0.4) is 0 Å². The van der Waals surface area contributed by atoms with E-state index >= 15 is 0 Å². The van der Waals surface area contributed by atoms with Gasteiger partial charge in [0.05, 0.1) is 18.8 Å². The van der Waals surface area contributed by atoms with Gasteiger partial charge in [0.15, 0.2) is 0 Å². The molecule has 2 aliphatic heterocycles. The molecule has 112 valence electrons. The highest BCUT2D eigenvalue weighted by Gasteiger charge is 2.41. The first-order chi connectivity index (χ1) is 10.3. The van der Waals surface area contributed by atoms with Crippen molar-refractivity contribution in [2.45, 2.75) is 38.3 Å². The van der Waals surface area contributed by atoms with Crippen molar-refractivity contribution in [2.75, 3.05) is 19.7 Å². The maximum Gasteiger partial charge on any atom is 0.131 e. The van der Waals surface area contributed by atoms with Gasteiger partial charge in [0.25, 0.3) is 0 Å². The molecule has 1 fully saturated rings. The molecule has 0 aliphatic carbocycles. The summed E-state index contributed by atoms with van der Waals surface area (Å²) in [5.74, 6) is 0. The standard InChI is InChI=1S/C15H19N3OS2/c1-11-16-17-14(21-11)10-18-6-4-15(5-7-18)12-3-9-20-13(12)2-8-19-15/h3,9H,2,4-8,10H2,1H3. The van der Waals surface area contributed by atoms with Crippen LogP contribution < -0.4 is 0 Å². The number of hydrogen-bond donors (Lipinski definition) is 0. The lowest BCUT2D eigenvalue weighted by Gasteiger charge is -2.43. The van der Waals surface area contributed by atoms with Crippen LogP contribution in [0.1, 0.15) is 33.3 Å². The van der Waals surface area contributed by atoms with Crippen LogP contribution in [0.15, 0.2) is 11.4 Å². The summed E-state index contributed by atoms with van der Waals surface area (Å²) in [5, 5.41) is 12.7. The van der Waals surface area contributed by atoms with E-state index in [1.54, 1.807) is 11.3 Å². The molecule has 2 aromatic rings. The first kappa shape index (κ1) is 13.8. The molecule has 1 saturated heterocycles. The average molecular weight is 321 g/mol. The molecule has 0 bridgehead atoms. The van der Waals surface area contributed by atoms with Crippen molar-refractivity contribution in [2.24, 2.45) is 0 Å². The summed E-state index contributed by atoms with van der Waals surface area (Å²) in [6.45, 7) is 5.98. The van der Waals surface area contributed by atoms with E-state index in [1.807, 2.05) is 18.3 Å². The van der Waals surface area contributed by atoms with Crippen molar-refractivity contribution >= 4 is 22.7 Å². The predicted octanol–water partition coefficient (Wildman–Crippen LogP) is 2.97. The molecule has 0 unspecified atom stereocenters. The lowest BCUT2D eigenvalue weighted by molar-refractivity contribution is -0.0980. The van der Waals surface area contributed by atoms with Crippen LogP contribution in [-0.2, 0) is 23.3 Å². The Balaban J connectivity index is 1.45. The van der Waals surface area contributed by atoms with E-state index in [1.165, 1.54) is 10.4 Å². The highest BCUT2D eigenvalue weighted by Crippen LogP contribution is 2.43. The van der Waals surface area contributed by atoms with Crippen LogP contribution in [0, 0.1) is 6.92 Å². The van der Waals surface area contributed by atoms with E-state index in [4.69, 9.17) is 4.74 Å². The zero-order chi connectivity index (χ0) is 14.3. The van der Waals surface area contributed by atoms with Gasteiger partial charge in [-0.1, -0.05) is 0 Å². The maximum atomic E-state index is 6.25. The highest BCUT2D eigenvalue weighted by molar-refractivity contribution is 7.11. The molecular formula is C15H19N3OS2. The molecule has 0 N–H and O–H groups in total. The number of hydrogen-bond acceptors (Lipinski definition) is 6. The number of ether oxygens (including phenoxy) is 1. The summed E-state index contributed by atoms with van der Waals surface area (Å²) in [6, 6.07) is 2.28. The Morgan fingerprint density at radius 1 is 1.33 bits per heavy atom. The third-order valence-corrected chi connectivity index (χ3v) is 6.34. The second-order valence-electron chi connectivity index (χ2n) is 5.84. The number of fused-ring (bicyclic) bond motifs is 2. The summed E-state index contributed by atoms with van der Waals surface area (Å²) >= 11 is 3.59. The fraction of sp³-hybridized carbons (Fsp3) is 0.600. The number of piperidine rings is 1. The molecule has 2 aromatic heterocycles. The smallest absolute Gasteiger partial charge is 0.131 e. The molecule has 2 aliphatic rings. The van der Waals surface area contributed by atoms with E-state index in [0.29, 0.717) is 0 Å². The van der Waals surface area contributed by atoms with E-state index in [9.17, 15) is 0 Å². The molecule has 4 rings (SSSR count). The average Bonchev–Trinajstić information content (AvgIpc) is 3.12. The number of aromatic nitrogens is 2. The number of rotatable bonds is 2. The number of nitrogens with zero attached hydrogens (tertiary/aromatic N) is 3. The van der Waals surface area contributed by atoms with Gasteiger partial charge in [-0.2, -0.15) is 0 Å². The van der Waals surface area contributed by atoms with Crippen molar-refractivity contribution in [3.05, 3.63) is 31.9 Å². The van der Waals surface area contributed by atoms with Gasteiger partial charge in [0.2, 0.25) is 0 Å². The zero-order valence-corrected chi connectivity index (χ0v) is 13.8. The fourth-order valence-corrected chi connectivity index (χ4v) is 5.14. The molecule has 4 nitrogen and oxygen atoms in total. The van der Waals surface area contributed by atoms with Gasteiger partial charge >= 0.3 is 0 Å². The first-order valence-electron chi connectivity index (χ1n) is 7.47. The fourth-order valence-electron chi connectivity index (χ4n) is 3.44. The Bertz CT molecular complexity index is 628. The molecule has 0 aromatic carbocycles. The molecule has 0 saturated carbocycles. The second-order valence-corrected chi connectivity index (χ2v) is 8.11. The third kappa shape index (κ3) is 2.54. The molecule has 21 heavy (non-hydrogen) atoms. The lowest BCUT2D eigenvalue weighted by Crippen LogP contribution is -2.45. The Hall–Kier alpha value is -0.820. The van der Waals surface area contributed by atoms with Crippen LogP contribution in [-0.4, -0.2) is 34.8 Å². The third-order valence-electron chi connectivity index (χ3n) is 4.53. The van der Waals surface area contributed by atoms with Gasteiger partial charge in [-0.25, -0.2) is 0 Å². The molecule has 0 atom stereocenters. The minimum atomic E-state index is -0.0128. The van der Waals surface area contributed by atoms with Crippen LogP contribution in [0.5, 0.6) is 0 Å². The monoisotopic (exact) mass is 321 g/mol. The number of thiophene rings is 1. The summed E-state index contributed by atoms with van der Waals surface area (Å²) in [7, 11) is 0. The van der Waals surface area contributed by atoms with Crippen molar-refractivity contribution in [3.63, 3.8) is 0 Å². The SMILES string of the molecule is Cc1nnc(CN2CCC3(CC2)OCCc2sccc23)s1. The molecule has 4 heterocycles. The second kappa shape index (κ2) is 5.43. The molecular weight excluding hydrogens is 302 g/mol. The van der Waals surface area contributed by atoms with E-state index in [-0.39, 0.29) is 5.60 Å². The lowest BCUT2D eigenvalue weighted by atomic mass is 9.82. The van der Waals surface area contributed by atoms with Crippen molar-refractivity contribution < 1.29 is 4.74 Å².